The van der Waals surface area contributed by atoms with Gasteiger partial charge in [-0.1, -0.05) is 0 Å². The summed E-state index contributed by atoms with van der Waals surface area (Å²) in [5.41, 5.74) is -0.562. The molecule has 160 valence electrons. The van der Waals surface area contributed by atoms with Gasteiger partial charge >= 0.3 is 21.6 Å². The van der Waals surface area contributed by atoms with Crippen LogP contribution in [0, 0.1) is 5.82 Å². The zero-order chi connectivity index (χ0) is 22.3. The minimum absolute atomic E-state index is 0.0326. The summed E-state index contributed by atoms with van der Waals surface area (Å²) in [6.07, 6.45) is 0. The van der Waals surface area contributed by atoms with E-state index in [2.05, 4.69) is 4.18 Å². The SMILES string of the molecule is CCOC(=O)c1c(-c2ccc(F)cc2)oc2cc(N)c(OS(=O)(=O)C(F)(F)F)cc12. The zero-order valence-electron chi connectivity index (χ0n) is 15.1. The van der Waals surface area contributed by atoms with Crippen molar-refractivity contribution in [2.24, 2.45) is 0 Å². The van der Waals surface area contributed by atoms with Crippen LogP contribution in [0.25, 0.3) is 22.3 Å². The Morgan fingerprint density at radius 2 is 1.80 bits per heavy atom. The van der Waals surface area contributed by atoms with Crippen molar-refractivity contribution >= 4 is 32.7 Å². The maximum absolute atomic E-state index is 13.2. The van der Waals surface area contributed by atoms with Gasteiger partial charge < -0.3 is 19.1 Å². The second-order valence-corrected chi connectivity index (χ2v) is 7.44. The second-order valence-electron chi connectivity index (χ2n) is 5.90. The molecule has 0 saturated carbocycles. The number of fused-ring (bicyclic) bond motifs is 1. The van der Waals surface area contributed by atoms with Crippen LogP contribution in [0.4, 0.5) is 23.2 Å². The highest BCUT2D eigenvalue weighted by Crippen LogP contribution is 2.40. The molecule has 1 aromatic heterocycles. The van der Waals surface area contributed by atoms with Crippen molar-refractivity contribution in [3.8, 4) is 17.1 Å². The maximum atomic E-state index is 13.2. The fourth-order valence-corrected chi connectivity index (χ4v) is 3.06. The quantitative estimate of drug-likeness (QED) is 0.205. The molecular weight excluding hydrogens is 434 g/mol. The molecule has 0 saturated heterocycles. The first-order chi connectivity index (χ1) is 13.9. The summed E-state index contributed by atoms with van der Waals surface area (Å²) in [5, 5.41) is -0.102. The number of benzene rings is 2. The average molecular weight is 447 g/mol. The highest BCUT2D eigenvalue weighted by Gasteiger charge is 2.49. The summed E-state index contributed by atoms with van der Waals surface area (Å²) in [6.45, 7) is 1.50. The monoisotopic (exact) mass is 447 g/mol. The van der Waals surface area contributed by atoms with Crippen LogP contribution in [0.1, 0.15) is 17.3 Å². The first kappa shape index (κ1) is 21.4. The minimum atomic E-state index is -6.00. The van der Waals surface area contributed by atoms with E-state index >= 15 is 0 Å². The molecule has 30 heavy (non-hydrogen) atoms. The van der Waals surface area contributed by atoms with Crippen LogP contribution in [0.5, 0.6) is 5.75 Å². The number of carbonyl (C=O) groups excluding carboxylic acids is 1. The third-order valence-electron chi connectivity index (χ3n) is 3.89. The Bertz CT molecular complexity index is 1220. The van der Waals surface area contributed by atoms with Crippen LogP contribution in [0.2, 0.25) is 0 Å². The Morgan fingerprint density at radius 1 is 1.17 bits per heavy atom. The van der Waals surface area contributed by atoms with Gasteiger partial charge in [-0.2, -0.15) is 21.6 Å². The third-order valence-corrected chi connectivity index (χ3v) is 4.86. The number of halogens is 4. The number of hydrogen-bond acceptors (Lipinski definition) is 7. The molecule has 0 fully saturated rings. The summed E-state index contributed by atoms with van der Waals surface area (Å²) in [4.78, 5) is 12.5. The van der Waals surface area contributed by atoms with E-state index in [1.807, 2.05) is 0 Å². The molecule has 0 radical (unpaired) electrons. The number of hydrogen-bond donors (Lipinski definition) is 1. The van der Waals surface area contributed by atoms with Gasteiger partial charge in [0.2, 0.25) is 0 Å². The van der Waals surface area contributed by atoms with E-state index in [9.17, 15) is 30.8 Å². The molecular formula is C18H13F4NO6S. The van der Waals surface area contributed by atoms with Crippen molar-refractivity contribution in [3.05, 3.63) is 47.8 Å². The largest absolute Gasteiger partial charge is 0.534 e. The van der Waals surface area contributed by atoms with Crippen molar-refractivity contribution in [1.29, 1.82) is 0 Å². The van der Waals surface area contributed by atoms with Gasteiger partial charge in [0.15, 0.2) is 5.75 Å². The number of rotatable bonds is 5. The van der Waals surface area contributed by atoms with E-state index in [1.165, 1.54) is 19.1 Å². The van der Waals surface area contributed by atoms with Gasteiger partial charge in [0.1, 0.15) is 22.7 Å². The van der Waals surface area contributed by atoms with Gasteiger partial charge in [0, 0.05) is 17.0 Å². The summed E-state index contributed by atoms with van der Waals surface area (Å²) in [7, 11) is -6.00. The van der Waals surface area contributed by atoms with E-state index in [-0.39, 0.29) is 34.5 Å². The molecule has 1 heterocycles. The van der Waals surface area contributed by atoms with Crippen molar-refractivity contribution in [2.45, 2.75) is 12.4 Å². The van der Waals surface area contributed by atoms with Crippen LogP contribution < -0.4 is 9.92 Å². The Labute approximate surface area is 167 Å². The van der Waals surface area contributed by atoms with Crippen molar-refractivity contribution in [1.82, 2.24) is 0 Å². The lowest BCUT2D eigenvalue weighted by atomic mass is 10.0. The number of nitrogens with two attached hydrogens (primary N) is 1. The molecule has 3 aromatic rings. The first-order valence-corrected chi connectivity index (χ1v) is 9.65. The fraction of sp³-hybridized carbons (Fsp3) is 0.167. The summed E-state index contributed by atoms with van der Waals surface area (Å²) in [5.74, 6) is -2.37. The van der Waals surface area contributed by atoms with E-state index in [0.717, 1.165) is 24.3 Å². The molecule has 0 spiro atoms. The standard InChI is InChI=1S/C18H13F4NO6S/c1-2-27-17(24)15-11-7-14(29-30(25,26)18(20,21)22)12(23)8-13(11)28-16(15)9-3-5-10(19)6-4-9/h3-8H,2,23H2,1H3. The molecule has 0 aliphatic heterocycles. The Hall–Kier alpha value is -3.28. The topological polar surface area (TPSA) is 109 Å². The van der Waals surface area contributed by atoms with Crippen molar-refractivity contribution in [3.63, 3.8) is 0 Å². The molecule has 12 heteroatoms. The van der Waals surface area contributed by atoms with Gasteiger partial charge in [0.25, 0.3) is 0 Å². The molecule has 0 unspecified atom stereocenters. The Balaban J connectivity index is 2.23. The highest BCUT2D eigenvalue weighted by molar-refractivity contribution is 7.88. The lowest BCUT2D eigenvalue weighted by Crippen LogP contribution is -2.28. The van der Waals surface area contributed by atoms with Gasteiger partial charge in [-0.25, -0.2) is 9.18 Å². The van der Waals surface area contributed by atoms with E-state index in [1.54, 1.807) is 0 Å². The normalized spacial score (nSPS) is 12.2. The molecule has 0 amide bonds. The van der Waals surface area contributed by atoms with Crippen molar-refractivity contribution in [2.75, 3.05) is 12.3 Å². The maximum Gasteiger partial charge on any atom is 0.534 e. The van der Waals surface area contributed by atoms with Gasteiger partial charge in [0.05, 0.1) is 12.3 Å². The zero-order valence-corrected chi connectivity index (χ0v) is 15.9. The van der Waals surface area contributed by atoms with Gasteiger partial charge in [-0.15, -0.1) is 0 Å². The van der Waals surface area contributed by atoms with Crippen molar-refractivity contribution < 1.29 is 44.1 Å². The molecule has 0 atom stereocenters. The predicted octanol–water partition coefficient (Wildman–Crippen LogP) is 4.23. The molecule has 0 aliphatic rings. The highest BCUT2D eigenvalue weighted by atomic mass is 32.2. The van der Waals surface area contributed by atoms with Crippen LogP contribution >= 0.6 is 0 Å². The van der Waals surface area contributed by atoms with Crippen LogP contribution in [0.15, 0.2) is 40.8 Å². The van der Waals surface area contributed by atoms with Gasteiger partial charge in [-0.3, -0.25) is 0 Å². The number of carbonyl (C=O) groups is 1. The van der Waals surface area contributed by atoms with Crippen LogP contribution in [0.3, 0.4) is 0 Å². The minimum Gasteiger partial charge on any atom is -0.462 e. The molecule has 7 nitrogen and oxygen atoms in total. The summed E-state index contributed by atoms with van der Waals surface area (Å²) >= 11 is 0. The number of furan rings is 1. The predicted molar refractivity (Wildman–Crippen MR) is 97.6 cm³/mol. The third kappa shape index (κ3) is 3.90. The van der Waals surface area contributed by atoms with Gasteiger partial charge in [-0.05, 0) is 37.3 Å². The molecule has 2 aromatic carbocycles. The molecule has 3 rings (SSSR count). The summed E-state index contributed by atoms with van der Waals surface area (Å²) in [6, 6.07) is 6.67. The van der Waals surface area contributed by atoms with E-state index in [0.29, 0.717) is 0 Å². The summed E-state index contributed by atoms with van der Waals surface area (Å²) < 4.78 is 88.5. The smallest absolute Gasteiger partial charge is 0.462 e. The first-order valence-electron chi connectivity index (χ1n) is 8.24. The number of anilines is 1. The Kier molecular flexibility index (Phi) is 5.37. The molecule has 2 N–H and O–H groups in total. The lowest BCUT2D eigenvalue weighted by molar-refractivity contribution is -0.0499. The molecule has 0 aliphatic carbocycles. The van der Waals surface area contributed by atoms with Crippen LogP contribution in [-0.2, 0) is 14.9 Å². The van der Waals surface area contributed by atoms with E-state index < -0.39 is 38.8 Å². The second kappa shape index (κ2) is 7.52. The average Bonchev–Trinajstić information content (AvgIpc) is 3.00. The fourth-order valence-electron chi connectivity index (χ4n) is 2.59. The molecule has 0 bridgehead atoms. The van der Waals surface area contributed by atoms with Crippen LogP contribution in [-0.4, -0.2) is 26.5 Å². The number of esters is 1. The lowest BCUT2D eigenvalue weighted by Gasteiger charge is -2.11. The number of ether oxygens (including phenoxy) is 1. The number of nitrogen functional groups attached to an aromatic ring is 1. The number of alkyl halides is 3. The van der Waals surface area contributed by atoms with E-state index in [4.69, 9.17) is 14.9 Å². The Morgan fingerprint density at radius 3 is 2.37 bits per heavy atom.